The van der Waals surface area contributed by atoms with Gasteiger partial charge in [-0.3, -0.25) is 4.79 Å². The lowest BCUT2D eigenvalue weighted by atomic mass is 9.95. The van der Waals surface area contributed by atoms with E-state index in [-0.39, 0.29) is 5.91 Å². The molecule has 1 unspecified atom stereocenters. The van der Waals surface area contributed by atoms with E-state index in [0.717, 1.165) is 5.56 Å². The first-order chi connectivity index (χ1) is 11.1. The third kappa shape index (κ3) is 3.37. The monoisotopic (exact) mass is 332 g/mol. The number of imidazole rings is 1. The number of rotatable bonds is 5. The van der Waals surface area contributed by atoms with Crippen LogP contribution in [0.15, 0.2) is 48.1 Å². The molecule has 7 heteroatoms. The summed E-state index contributed by atoms with van der Waals surface area (Å²) in [6, 6.07) is 7.39. The molecule has 6 nitrogen and oxygen atoms in total. The van der Waals surface area contributed by atoms with Crippen LogP contribution < -0.4 is 5.32 Å². The predicted molar refractivity (Wildman–Crippen MR) is 87.3 cm³/mol. The Balaban J connectivity index is 1.58. The molecular weight excluding hydrogens is 316 g/mol. The fourth-order valence-corrected chi connectivity index (χ4v) is 2.65. The minimum Gasteiger partial charge on any atom is -0.379 e. The maximum absolute atomic E-state index is 12.4. The summed E-state index contributed by atoms with van der Waals surface area (Å²) in [5, 5.41) is 7.52. The Morgan fingerprint density at radius 1 is 1.48 bits per heavy atom. The van der Waals surface area contributed by atoms with Crippen molar-refractivity contribution in [2.45, 2.75) is 25.5 Å². The number of benzene rings is 1. The number of oxime groups is 1. The third-order valence-corrected chi connectivity index (χ3v) is 4.07. The summed E-state index contributed by atoms with van der Waals surface area (Å²) in [6.07, 6.45) is 5.64. The molecule has 23 heavy (non-hydrogen) atoms. The molecule has 1 amide bonds. The van der Waals surface area contributed by atoms with Gasteiger partial charge in [-0.15, -0.1) is 0 Å². The standard InChI is InChI=1S/C16H17ClN4O2/c1-16(15(22)19-7-9-21-8-6-18-11-21)10-14(20-23-16)12-4-2-3-5-13(12)17/h2-6,8,11H,7,9-10H2,1H3,(H,19,22). The average molecular weight is 333 g/mol. The van der Waals surface area contributed by atoms with Gasteiger partial charge in [0.2, 0.25) is 5.60 Å². The zero-order valence-electron chi connectivity index (χ0n) is 12.7. The second-order valence-corrected chi connectivity index (χ2v) is 5.98. The number of nitrogens with zero attached hydrogens (tertiary/aromatic N) is 3. The van der Waals surface area contributed by atoms with E-state index >= 15 is 0 Å². The minimum absolute atomic E-state index is 0.191. The number of amides is 1. The first-order valence-corrected chi connectivity index (χ1v) is 7.70. The zero-order chi connectivity index (χ0) is 16.3. The Hall–Kier alpha value is -2.34. The van der Waals surface area contributed by atoms with E-state index in [0.29, 0.717) is 30.2 Å². The highest BCUT2D eigenvalue weighted by molar-refractivity contribution is 6.34. The Morgan fingerprint density at radius 3 is 3.04 bits per heavy atom. The Bertz CT molecular complexity index is 729. The van der Waals surface area contributed by atoms with Crippen molar-refractivity contribution in [3.05, 3.63) is 53.6 Å². The van der Waals surface area contributed by atoms with Gasteiger partial charge in [-0.2, -0.15) is 0 Å². The second kappa shape index (κ2) is 6.42. The predicted octanol–water partition coefficient (Wildman–Crippen LogP) is 2.24. The number of hydrogen-bond acceptors (Lipinski definition) is 4. The van der Waals surface area contributed by atoms with Crippen LogP contribution in [0.1, 0.15) is 18.9 Å². The quantitative estimate of drug-likeness (QED) is 0.913. The molecule has 1 aliphatic rings. The van der Waals surface area contributed by atoms with Gasteiger partial charge in [-0.25, -0.2) is 4.98 Å². The van der Waals surface area contributed by atoms with Crippen LogP contribution in [0.4, 0.5) is 0 Å². The van der Waals surface area contributed by atoms with Gasteiger partial charge >= 0.3 is 0 Å². The fraction of sp³-hybridized carbons (Fsp3) is 0.312. The Kier molecular flexibility index (Phi) is 4.34. The lowest BCUT2D eigenvalue weighted by Gasteiger charge is -2.20. The third-order valence-electron chi connectivity index (χ3n) is 3.74. The smallest absolute Gasteiger partial charge is 0.267 e. The van der Waals surface area contributed by atoms with Crippen molar-refractivity contribution in [1.29, 1.82) is 0 Å². The summed E-state index contributed by atoms with van der Waals surface area (Å²) in [6.45, 7) is 2.88. The average Bonchev–Trinajstić information content (AvgIpc) is 3.18. The molecule has 0 bridgehead atoms. The van der Waals surface area contributed by atoms with Crippen LogP contribution in [0.3, 0.4) is 0 Å². The van der Waals surface area contributed by atoms with Crippen LogP contribution in [-0.2, 0) is 16.2 Å². The van der Waals surface area contributed by atoms with Gasteiger partial charge in [0, 0.05) is 42.5 Å². The highest BCUT2D eigenvalue weighted by Crippen LogP contribution is 2.29. The van der Waals surface area contributed by atoms with Gasteiger partial charge in [0.15, 0.2) is 0 Å². The topological polar surface area (TPSA) is 68.5 Å². The van der Waals surface area contributed by atoms with Crippen LogP contribution in [0.2, 0.25) is 5.02 Å². The Morgan fingerprint density at radius 2 is 2.30 bits per heavy atom. The van der Waals surface area contributed by atoms with Crippen molar-refractivity contribution in [1.82, 2.24) is 14.9 Å². The number of carbonyl (C=O) groups is 1. The van der Waals surface area contributed by atoms with Crippen molar-refractivity contribution in [2.75, 3.05) is 6.54 Å². The molecule has 120 valence electrons. The van der Waals surface area contributed by atoms with E-state index in [9.17, 15) is 4.79 Å². The molecule has 0 aliphatic carbocycles. The summed E-state index contributed by atoms with van der Waals surface area (Å²) in [5.41, 5.74) is 0.468. The molecule has 1 N–H and O–H groups in total. The SMILES string of the molecule is CC1(C(=O)NCCn2ccnc2)CC(c2ccccc2Cl)=NO1. The lowest BCUT2D eigenvalue weighted by molar-refractivity contribution is -0.141. The fourth-order valence-electron chi connectivity index (χ4n) is 2.41. The second-order valence-electron chi connectivity index (χ2n) is 5.57. The highest BCUT2D eigenvalue weighted by Gasteiger charge is 2.42. The Labute approximate surface area is 139 Å². The minimum atomic E-state index is -1.01. The van der Waals surface area contributed by atoms with Crippen LogP contribution >= 0.6 is 11.6 Å². The summed E-state index contributed by atoms with van der Waals surface area (Å²) in [7, 11) is 0. The summed E-state index contributed by atoms with van der Waals surface area (Å²) in [4.78, 5) is 21.8. The van der Waals surface area contributed by atoms with Crippen LogP contribution in [-0.4, -0.2) is 33.3 Å². The van der Waals surface area contributed by atoms with Crippen LogP contribution in [0.25, 0.3) is 0 Å². The maximum atomic E-state index is 12.4. The molecule has 1 aromatic carbocycles. The van der Waals surface area contributed by atoms with Crippen molar-refractivity contribution in [3.8, 4) is 0 Å². The molecule has 0 radical (unpaired) electrons. The lowest BCUT2D eigenvalue weighted by Crippen LogP contribution is -2.45. The van der Waals surface area contributed by atoms with Gasteiger partial charge in [0.05, 0.1) is 12.0 Å². The van der Waals surface area contributed by atoms with Gasteiger partial charge in [0.25, 0.3) is 5.91 Å². The normalized spacial score (nSPS) is 20.0. The first-order valence-electron chi connectivity index (χ1n) is 7.32. The number of halogens is 1. The number of hydrogen-bond donors (Lipinski definition) is 1. The van der Waals surface area contributed by atoms with Crippen molar-refractivity contribution < 1.29 is 9.63 Å². The number of nitrogens with one attached hydrogen (secondary N) is 1. The van der Waals surface area contributed by atoms with Crippen molar-refractivity contribution in [2.24, 2.45) is 5.16 Å². The molecule has 0 saturated heterocycles. The first kappa shape index (κ1) is 15.6. The largest absolute Gasteiger partial charge is 0.379 e. The molecule has 1 atom stereocenters. The molecule has 3 rings (SSSR count). The molecule has 1 aromatic heterocycles. The summed E-state index contributed by atoms with van der Waals surface area (Å²) < 4.78 is 1.89. The van der Waals surface area contributed by atoms with Crippen LogP contribution in [0, 0.1) is 0 Å². The van der Waals surface area contributed by atoms with Crippen LogP contribution in [0.5, 0.6) is 0 Å². The van der Waals surface area contributed by atoms with E-state index in [1.165, 1.54) is 0 Å². The zero-order valence-corrected chi connectivity index (χ0v) is 13.5. The molecular formula is C16H17ClN4O2. The van der Waals surface area contributed by atoms with E-state index < -0.39 is 5.60 Å². The van der Waals surface area contributed by atoms with E-state index in [1.54, 1.807) is 25.5 Å². The van der Waals surface area contributed by atoms with Gasteiger partial charge in [-0.05, 0) is 13.0 Å². The van der Waals surface area contributed by atoms with Crippen molar-refractivity contribution in [3.63, 3.8) is 0 Å². The molecule has 0 fully saturated rings. The van der Waals surface area contributed by atoms with Gasteiger partial charge < -0.3 is 14.7 Å². The molecule has 1 aliphatic heterocycles. The van der Waals surface area contributed by atoms with E-state index in [2.05, 4.69) is 15.5 Å². The van der Waals surface area contributed by atoms with Gasteiger partial charge in [-0.1, -0.05) is 35.0 Å². The van der Waals surface area contributed by atoms with Crippen molar-refractivity contribution >= 4 is 23.2 Å². The molecule has 2 aromatic rings. The number of aromatic nitrogens is 2. The van der Waals surface area contributed by atoms with E-state index in [1.807, 2.05) is 29.0 Å². The summed E-state index contributed by atoms with van der Waals surface area (Å²) in [5.74, 6) is -0.191. The maximum Gasteiger partial charge on any atom is 0.267 e. The molecule has 0 spiro atoms. The summed E-state index contributed by atoms with van der Waals surface area (Å²) >= 11 is 6.17. The van der Waals surface area contributed by atoms with E-state index in [4.69, 9.17) is 16.4 Å². The molecule has 0 saturated carbocycles. The highest BCUT2D eigenvalue weighted by atomic mass is 35.5. The number of carbonyl (C=O) groups excluding carboxylic acids is 1. The molecule has 2 heterocycles. The van der Waals surface area contributed by atoms with Gasteiger partial charge in [0.1, 0.15) is 0 Å².